The van der Waals surface area contributed by atoms with Crippen LogP contribution in [0.5, 0.6) is 0 Å². The highest BCUT2D eigenvalue weighted by atomic mass is 32.2. The number of nitrogens with zero attached hydrogens (tertiary/aromatic N) is 1. The Hall–Kier alpha value is -0.500. The van der Waals surface area contributed by atoms with E-state index in [9.17, 15) is 8.42 Å². The van der Waals surface area contributed by atoms with Crippen molar-refractivity contribution >= 4 is 21.4 Å². The Morgan fingerprint density at radius 2 is 2.24 bits per heavy atom. The minimum atomic E-state index is -3.27. The van der Waals surface area contributed by atoms with Gasteiger partial charge in [-0.05, 0) is 20.4 Å². The lowest BCUT2D eigenvalue weighted by Crippen LogP contribution is -2.38. The van der Waals surface area contributed by atoms with Crippen molar-refractivity contribution in [2.75, 3.05) is 13.1 Å². The fraction of sp³-hybridized carbons (Fsp3) is 0.700. The monoisotopic (exact) mass is 277 g/mol. The molecule has 1 aromatic heterocycles. The van der Waals surface area contributed by atoms with Crippen LogP contribution in [0.25, 0.3) is 0 Å². The molecule has 0 radical (unpaired) electrons. The van der Waals surface area contributed by atoms with E-state index in [4.69, 9.17) is 0 Å². The number of hydrogen-bond acceptors (Lipinski definition) is 5. The number of hydrogen-bond donors (Lipinski definition) is 2. The van der Waals surface area contributed by atoms with Crippen LogP contribution >= 0.6 is 11.3 Å². The molecule has 5 nitrogen and oxygen atoms in total. The van der Waals surface area contributed by atoms with Crippen molar-refractivity contribution in [3.8, 4) is 0 Å². The molecule has 0 saturated heterocycles. The molecule has 1 unspecified atom stereocenters. The van der Waals surface area contributed by atoms with E-state index < -0.39 is 15.3 Å². The van der Waals surface area contributed by atoms with Crippen molar-refractivity contribution in [3.63, 3.8) is 0 Å². The molecule has 0 spiro atoms. The maximum absolute atomic E-state index is 11.8. The van der Waals surface area contributed by atoms with Crippen molar-refractivity contribution in [1.82, 2.24) is 15.0 Å². The van der Waals surface area contributed by atoms with E-state index in [0.717, 1.165) is 17.2 Å². The molecule has 7 heteroatoms. The van der Waals surface area contributed by atoms with Crippen LogP contribution < -0.4 is 10.0 Å². The minimum absolute atomic E-state index is 0.275. The van der Waals surface area contributed by atoms with Gasteiger partial charge in [-0.15, -0.1) is 11.3 Å². The lowest BCUT2D eigenvalue weighted by atomic mass is 10.5. The number of aryl methyl sites for hydroxylation is 1. The zero-order chi connectivity index (χ0) is 12.9. The first-order valence-corrected chi connectivity index (χ1v) is 7.98. The summed E-state index contributed by atoms with van der Waals surface area (Å²) in [6.07, 6.45) is 0. The second-order valence-electron chi connectivity index (χ2n) is 3.87. The van der Waals surface area contributed by atoms with Gasteiger partial charge in [0, 0.05) is 17.6 Å². The van der Waals surface area contributed by atoms with Crippen LogP contribution in [-0.2, 0) is 16.6 Å². The Balaban J connectivity index is 2.49. The highest BCUT2D eigenvalue weighted by Gasteiger charge is 2.19. The molecule has 1 heterocycles. The van der Waals surface area contributed by atoms with Gasteiger partial charge in [0.15, 0.2) is 0 Å². The van der Waals surface area contributed by atoms with Crippen LogP contribution in [0.15, 0.2) is 5.38 Å². The van der Waals surface area contributed by atoms with Crippen molar-refractivity contribution in [2.24, 2.45) is 0 Å². The molecule has 0 aliphatic rings. The molecule has 0 aliphatic carbocycles. The molecule has 1 rings (SSSR count). The molecule has 2 N–H and O–H groups in total. The molecular weight excluding hydrogens is 258 g/mol. The molecule has 1 atom stereocenters. The molecule has 1 aromatic rings. The van der Waals surface area contributed by atoms with Crippen LogP contribution in [0.1, 0.15) is 24.5 Å². The van der Waals surface area contributed by atoms with Gasteiger partial charge in [0.1, 0.15) is 5.01 Å². The largest absolute Gasteiger partial charge is 0.316 e. The summed E-state index contributed by atoms with van der Waals surface area (Å²) < 4.78 is 26.3. The molecular formula is C10H19N3O2S2. The number of thiazole rings is 1. The van der Waals surface area contributed by atoms with Gasteiger partial charge < -0.3 is 5.32 Å². The standard InChI is InChI=1S/C10H19N3O2S2/c1-4-11-5-9(3)17(14,15)12-6-10-13-8(2)7-16-10/h7,9,11-12H,4-6H2,1-3H3. The van der Waals surface area contributed by atoms with Gasteiger partial charge in [0.2, 0.25) is 10.0 Å². The summed E-state index contributed by atoms with van der Waals surface area (Å²) in [5.41, 5.74) is 0.921. The predicted octanol–water partition coefficient (Wildman–Crippen LogP) is 0.869. The highest BCUT2D eigenvalue weighted by molar-refractivity contribution is 7.90. The Labute approximate surface area is 107 Å². The number of nitrogens with one attached hydrogen (secondary N) is 2. The molecule has 98 valence electrons. The lowest BCUT2D eigenvalue weighted by Gasteiger charge is -2.13. The van der Waals surface area contributed by atoms with E-state index in [1.807, 2.05) is 19.2 Å². The van der Waals surface area contributed by atoms with Crippen LogP contribution in [0.4, 0.5) is 0 Å². The maximum Gasteiger partial charge on any atom is 0.215 e. The topological polar surface area (TPSA) is 71.1 Å². The van der Waals surface area contributed by atoms with E-state index in [0.29, 0.717) is 6.54 Å². The van der Waals surface area contributed by atoms with Crippen molar-refractivity contribution in [1.29, 1.82) is 0 Å². The summed E-state index contributed by atoms with van der Waals surface area (Å²) >= 11 is 1.47. The SMILES string of the molecule is CCNCC(C)S(=O)(=O)NCc1nc(C)cs1. The summed E-state index contributed by atoms with van der Waals surface area (Å²) in [7, 11) is -3.27. The van der Waals surface area contributed by atoms with Crippen LogP contribution in [-0.4, -0.2) is 31.7 Å². The molecule has 0 aliphatic heterocycles. The predicted molar refractivity (Wildman–Crippen MR) is 70.6 cm³/mol. The summed E-state index contributed by atoms with van der Waals surface area (Å²) in [6, 6.07) is 0. The molecule has 0 bridgehead atoms. The van der Waals surface area contributed by atoms with E-state index >= 15 is 0 Å². The van der Waals surface area contributed by atoms with Crippen molar-refractivity contribution in [3.05, 3.63) is 16.1 Å². The molecule has 0 aromatic carbocycles. The first-order valence-electron chi connectivity index (χ1n) is 5.56. The molecule has 0 fully saturated rings. The Morgan fingerprint density at radius 1 is 1.53 bits per heavy atom. The first kappa shape index (κ1) is 14.6. The zero-order valence-corrected chi connectivity index (χ0v) is 12.0. The van der Waals surface area contributed by atoms with Crippen LogP contribution in [0.3, 0.4) is 0 Å². The van der Waals surface area contributed by atoms with Crippen LogP contribution in [0.2, 0.25) is 0 Å². The normalized spacial score (nSPS) is 13.8. The zero-order valence-electron chi connectivity index (χ0n) is 10.4. The van der Waals surface area contributed by atoms with Gasteiger partial charge in [-0.2, -0.15) is 0 Å². The molecule has 0 saturated carbocycles. The molecule has 0 amide bonds. The maximum atomic E-state index is 11.8. The van der Waals surface area contributed by atoms with Gasteiger partial charge in [0.05, 0.1) is 11.8 Å². The number of sulfonamides is 1. The third kappa shape index (κ3) is 4.71. The Morgan fingerprint density at radius 3 is 2.76 bits per heavy atom. The second-order valence-corrected chi connectivity index (χ2v) is 6.99. The molecule has 17 heavy (non-hydrogen) atoms. The summed E-state index contributed by atoms with van der Waals surface area (Å²) in [6.45, 7) is 7.04. The Kier molecular flexibility index (Phi) is 5.51. The average molecular weight is 277 g/mol. The third-order valence-corrected chi connectivity index (χ3v) is 5.04. The summed E-state index contributed by atoms with van der Waals surface area (Å²) in [5, 5.41) is 5.28. The van der Waals surface area contributed by atoms with Gasteiger partial charge in [-0.3, -0.25) is 0 Å². The number of aromatic nitrogens is 1. The van der Waals surface area contributed by atoms with E-state index in [2.05, 4.69) is 15.0 Å². The van der Waals surface area contributed by atoms with Crippen molar-refractivity contribution in [2.45, 2.75) is 32.6 Å². The average Bonchev–Trinajstić information content (AvgIpc) is 2.69. The lowest BCUT2D eigenvalue weighted by molar-refractivity contribution is 0.559. The van der Waals surface area contributed by atoms with Gasteiger partial charge in [-0.1, -0.05) is 6.92 Å². The van der Waals surface area contributed by atoms with Gasteiger partial charge >= 0.3 is 0 Å². The smallest absolute Gasteiger partial charge is 0.215 e. The Bertz CT molecular complexity index is 442. The third-order valence-electron chi connectivity index (χ3n) is 2.30. The summed E-state index contributed by atoms with van der Waals surface area (Å²) in [4.78, 5) is 4.21. The van der Waals surface area contributed by atoms with Gasteiger partial charge in [0.25, 0.3) is 0 Å². The van der Waals surface area contributed by atoms with Crippen LogP contribution in [0, 0.1) is 6.92 Å². The van der Waals surface area contributed by atoms with E-state index in [1.54, 1.807) is 6.92 Å². The highest BCUT2D eigenvalue weighted by Crippen LogP contribution is 2.09. The minimum Gasteiger partial charge on any atom is -0.316 e. The van der Waals surface area contributed by atoms with E-state index in [-0.39, 0.29) is 6.54 Å². The summed E-state index contributed by atoms with van der Waals surface area (Å²) in [5.74, 6) is 0. The second kappa shape index (κ2) is 6.44. The van der Waals surface area contributed by atoms with Gasteiger partial charge in [-0.25, -0.2) is 18.1 Å². The fourth-order valence-electron chi connectivity index (χ4n) is 1.25. The fourth-order valence-corrected chi connectivity index (χ4v) is 3.01. The number of rotatable bonds is 7. The first-order chi connectivity index (χ1) is 7.95. The van der Waals surface area contributed by atoms with E-state index in [1.165, 1.54) is 11.3 Å². The van der Waals surface area contributed by atoms with Crippen molar-refractivity contribution < 1.29 is 8.42 Å². The quantitative estimate of drug-likeness (QED) is 0.776.